The first-order valence-electron chi connectivity index (χ1n) is 7.17. The zero-order valence-electron chi connectivity index (χ0n) is 12.5. The molecule has 0 spiro atoms. The van der Waals surface area contributed by atoms with Crippen LogP contribution in [0.2, 0.25) is 0 Å². The molecule has 0 saturated heterocycles. The molecule has 1 N–H and O–H groups in total. The minimum Gasteiger partial charge on any atom is -0.463 e. The molecule has 0 bridgehead atoms. The topological polar surface area (TPSA) is 46.5 Å². The van der Waals surface area contributed by atoms with E-state index in [4.69, 9.17) is 4.74 Å². The Bertz CT molecular complexity index is 504. The molecule has 0 saturated carbocycles. The van der Waals surface area contributed by atoms with Crippen LogP contribution in [-0.4, -0.2) is 17.7 Å². The van der Waals surface area contributed by atoms with Crippen LogP contribution in [0.1, 0.15) is 42.4 Å². The van der Waals surface area contributed by atoms with Crippen LogP contribution in [0, 0.1) is 0 Å². The molecule has 2 heterocycles. The average molecular weight is 344 g/mol. The lowest BCUT2D eigenvalue weighted by atomic mass is 10.00. The first-order chi connectivity index (χ1) is 10.2. The molecule has 2 aromatic rings. The molecule has 0 aromatic carbocycles. The van der Waals surface area contributed by atoms with Gasteiger partial charge in [-0.05, 0) is 29.3 Å². The van der Waals surface area contributed by atoms with Crippen molar-refractivity contribution in [3.8, 4) is 0 Å². The molecule has 3 nitrogen and oxygen atoms in total. The number of hydrogen-bond acceptors (Lipinski definition) is 5. The van der Waals surface area contributed by atoms with Crippen LogP contribution in [0.15, 0.2) is 35.0 Å². The molecule has 2 rings (SSSR count). The second kappa shape index (κ2) is 9.02. The molecule has 0 aliphatic carbocycles. The normalized spacial score (nSPS) is 11.0. The summed E-state index contributed by atoms with van der Waals surface area (Å²) in [5, 5.41) is 14.6. The molecule has 2 aromatic heterocycles. The van der Waals surface area contributed by atoms with Crippen LogP contribution in [-0.2, 0) is 15.1 Å². The summed E-state index contributed by atoms with van der Waals surface area (Å²) in [5.41, 5.74) is -1.67. The van der Waals surface area contributed by atoms with Gasteiger partial charge in [0, 0.05) is 0 Å². The molecule has 0 amide bonds. The fourth-order valence-electron chi connectivity index (χ4n) is 2.09. The first kappa shape index (κ1) is 18.8. The van der Waals surface area contributed by atoms with E-state index in [0.29, 0.717) is 16.4 Å². The Morgan fingerprint density at radius 1 is 1.14 bits per heavy atom. The van der Waals surface area contributed by atoms with Gasteiger partial charge in [-0.3, -0.25) is 4.70 Å². The summed E-state index contributed by atoms with van der Waals surface area (Å²) in [6.07, 6.45) is 4.16. The van der Waals surface area contributed by atoms with Crippen LogP contribution in [0.4, 0.5) is 4.70 Å². The predicted molar refractivity (Wildman–Crippen MR) is 89.2 cm³/mol. The van der Waals surface area contributed by atoms with Crippen LogP contribution >= 0.6 is 22.7 Å². The fraction of sp³-hybridized carbons (Fsp3) is 0.438. The Balaban J connectivity index is 0.00000242. The van der Waals surface area contributed by atoms with Crippen molar-refractivity contribution in [2.75, 3.05) is 6.61 Å². The zero-order chi connectivity index (χ0) is 15.1. The van der Waals surface area contributed by atoms with E-state index in [0.717, 1.165) is 25.7 Å². The van der Waals surface area contributed by atoms with E-state index in [1.54, 1.807) is 12.1 Å². The Hall–Kier alpha value is -1.24. The Morgan fingerprint density at radius 2 is 1.73 bits per heavy atom. The zero-order valence-corrected chi connectivity index (χ0v) is 14.1. The number of carbonyl (C=O) groups excluding carboxylic acids is 1. The largest absolute Gasteiger partial charge is 0.463 e. The second-order valence-electron chi connectivity index (χ2n) is 4.86. The van der Waals surface area contributed by atoms with E-state index < -0.39 is 11.6 Å². The predicted octanol–water partition coefficient (Wildman–Crippen LogP) is 4.32. The third-order valence-electron chi connectivity index (χ3n) is 3.28. The van der Waals surface area contributed by atoms with Crippen molar-refractivity contribution in [3.05, 3.63) is 44.8 Å². The molecule has 0 aliphatic heterocycles. The second-order valence-corrected chi connectivity index (χ2v) is 6.76. The van der Waals surface area contributed by atoms with Gasteiger partial charge in [0.1, 0.15) is 0 Å². The smallest absolute Gasteiger partial charge is 0.349 e. The molecule has 122 valence electrons. The van der Waals surface area contributed by atoms with Crippen molar-refractivity contribution >= 4 is 28.6 Å². The van der Waals surface area contributed by atoms with E-state index in [2.05, 4.69) is 6.92 Å². The van der Waals surface area contributed by atoms with Crippen molar-refractivity contribution in [1.29, 1.82) is 0 Å². The van der Waals surface area contributed by atoms with Gasteiger partial charge in [-0.2, -0.15) is 0 Å². The van der Waals surface area contributed by atoms with E-state index in [1.165, 1.54) is 22.7 Å². The van der Waals surface area contributed by atoms with E-state index in [9.17, 15) is 9.90 Å². The maximum absolute atomic E-state index is 12.4. The monoisotopic (exact) mass is 344 g/mol. The number of esters is 1. The summed E-state index contributed by atoms with van der Waals surface area (Å²) in [6, 6.07) is 7.19. The van der Waals surface area contributed by atoms with Gasteiger partial charge in [-0.25, -0.2) is 4.79 Å². The summed E-state index contributed by atoms with van der Waals surface area (Å²) in [6.45, 7) is 2.50. The number of ether oxygens (including phenoxy) is 1. The summed E-state index contributed by atoms with van der Waals surface area (Å²) < 4.78 is 5.33. The molecule has 0 atom stereocenters. The lowest BCUT2D eigenvalue weighted by Crippen LogP contribution is -2.37. The maximum atomic E-state index is 12.4. The molecular formula is C16H21FO3S2. The van der Waals surface area contributed by atoms with Gasteiger partial charge in [0.05, 0.1) is 16.4 Å². The number of rotatable bonds is 8. The molecular weight excluding hydrogens is 323 g/mol. The summed E-state index contributed by atoms with van der Waals surface area (Å²) in [5.74, 6) is -0.580. The van der Waals surface area contributed by atoms with Crippen molar-refractivity contribution in [1.82, 2.24) is 0 Å². The minimum atomic E-state index is -1.67. The summed E-state index contributed by atoms with van der Waals surface area (Å²) in [7, 11) is 0. The highest BCUT2D eigenvalue weighted by Gasteiger charge is 2.43. The highest BCUT2D eigenvalue weighted by Crippen LogP contribution is 2.36. The highest BCUT2D eigenvalue weighted by molar-refractivity contribution is 7.12. The van der Waals surface area contributed by atoms with E-state index in [-0.39, 0.29) is 4.70 Å². The number of hydrogen-bond donors (Lipinski definition) is 1. The number of carbonyl (C=O) groups is 1. The molecule has 0 fully saturated rings. The molecule has 6 heteroatoms. The van der Waals surface area contributed by atoms with Gasteiger partial charge in [0.25, 0.3) is 0 Å². The maximum Gasteiger partial charge on any atom is 0.349 e. The lowest BCUT2D eigenvalue weighted by molar-refractivity contribution is -0.161. The van der Waals surface area contributed by atoms with Crippen LogP contribution in [0.5, 0.6) is 0 Å². The standard InChI is InChI=1S/C16H20O3S2.FH/c1-2-3-4-5-10-19-15(17)16(18,13-8-6-11-20-13)14-9-7-12-21-14;/h6-9,11-12,18H,2-5,10H2,1H3;1H. The first-order valence-corrected chi connectivity index (χ1v) is 8.93. The third-order valence-corrected chi connectivity index (χ3v) is 5.24. The molecule has 0 unspecified atom stereocenters. The Morgan fingerprint density at radius 3 is 2.18 bits per heavy atom. The van der Waals surface area contributed by atoms with Crippen molar-refractivity contribution in [3.63, 3.8) is 0 Å². The lowest BCUT2D eigenvalue weighted by Gasteiger charge is -2.23. The Kier molecular flexibility index (Phi) is 7.72. The highest BCUT2D eigenvalue weighted by atomic mass is 32.1. The molecule has 22 heavy (non-hydrogen) atoms. The quantitative estimate of drug-likeness (QED) is 0.573. The van der Waals surface area contributed by atoms with Gasteiger partial charge in [-0.15, -0.1) is 22.7 Å². The fourth-order valence-corrected chi connectivity index (χ4v) is 3.80. The minimum absolute atomic E-state index is 0. The van der Waals surface area contributed by atoms with Crippen LogP contribution < -0.4 is 0 Å². The van der Waals surface area contributed by atoms with Crippen molar-refractivity contribution in [2.45, 2.75) is 38.2 Å². The van der Waals surface area contributed by atoms with E-state index in [1.807, 2.05) is 22.9 Å². The van der Waals surface area contributed by atoms with Gasteiger partial charge in [0.2, 0.25) is 5.60 Å². The molecule has 0 aliphatic rings. The van der Waals surface area contributed by atoms with Gasteiger partial charge < -0.3 is 9.84 Å². The van der Waals surface area contributed by atoms with Crippen molar-refractivity contribution < 1.29 is 19.3 Å². The summed E-state index contributed by atoms with van der Waals surface area (Å²) >= 11 is 2.72. The van der Waals surface area contributed by atoms with Gasteiger partial charge >= 0.3 is 5.97 Å². The number of halogens is 1. The third kappa shape index (κ3) is 4.15. The van der Waals surface area contributed by atoms with Gasteiger partial charge in [-0.1, -0.05) is 38.3 Å². The average Bonchev–Trinajstić information content (AvgIpc) is 3.18. The van der Waals surface area contributed by atoms with Crippen molar-refractivity contribution in [2.24, 2.45) is 0 Å². The van der Waals surface area contributed by atoms with Crippen LogP contribution in [0.25, 0.3) is 0 Å². The summed E-state index contributed by atoms with van der Waals surface area (Å²) in [4.78, 5) is 13.6. The number of unbranched alkanes of at least 4 members (excludes halogenated alkanes) is 3. The number of aliphatic hydroxyl groups is 1. The van der Waals surface area contributed by atoms with Crippen LogP contribution in [0.3, 0.4) is 0 Å². The van der Waals surface area contributed by atoms with E-state index >= 15 is 0 Å². The Labute approximate surface area is 137 Å². The molecule has 0 radical (unpaired) electrons. The number of thiophene rings is 2. The SMILES string of the molecule is CCCCCCOC(=O)C(O)(c1cccs1)c1cccs1.F. The van der Waals surface area contributed by atoms with Gasteiger partial charge in [0.15, 0.2) is 0 Å².